The third kappa shape index (κ3) is 4.65. The fraction of sp³-hybridized carbons (Fsp3) is 0.333. The molecule has 0 bridgehead atoms. The number of benzene rings is 2. The van der Waals surface area contributed by atoms with Gasteiger partial charge in [0.1, 0.15) is 12.2 Å². The number of methoxy groups -OCH3 is 3. The van der Waals surface area contributed by atoms with Crippen LogP contribution in [0.5, 0.6) is 28.7 Å². The predicted molar refractivity (Wildman–Crippen MR) is 104 cm³/mol. The summed E-state index contributed by atoms with van der Waals surface area (Å²) in [5, 5.41) is 20.7. The first-order valence-electron chi connectivity index (χ1n) is 8.55. The summed E-state index contributed by atoms with van der Waals surface area (Å²) < 4.78 is 21.6. The van der Waals surface area contributed by atoms with Gasteiger partial charge in [-0.25, -0.2) is 0 Å². The molecule has 2 N–H and O–H groups in total. The van der Waals surface area contributed by atoms with Crippen LogP contribution in [0.25, 0.3) is 6.08 Å². The Morgan fingerprint density at radius 1 is 0.889 bits per heavy atom. The number of ether oxygens (including phenoxy) is 4. The topological polar surface area (TPSA) is 77.4 Å². The first kappa shape index (κ1) is 20.5. The molecule has 2 atom stereocenters. The molecule has 2 aromatic carbocycles. The van der Waals surface area contributed by atoms with Gasteiger partial charge < -0.3 is 29.2 Å². The van der Waals surface area contributed by atoms with Crippen molar-refractivity contribution in [1.29, 1.82) is 0 Å². The fourth-order valence-electron chi connectivity index (χ4n) is 2.70. The third-order valence-corrected chi connectivity index (χ3v) is 4.15. The molecular formula is C21H26O6. The Kier molecular flexibility index (Phi) is 6.96. The van der Waals surface area contributed by atoms with Gasteiger partial charge in [0.2, 0.25) is 5.75 Å². The number of hydrogen-bond donors (Lipinski definition) is 2. The van der Waals surface area contributed by atoms with Crippen LogP contribution in [0.15, 0.2) is 36.4 Å². The van der Waals surface area contributed by atoms with Crippen molar-refractivity contribution in [1.82, 2.24) is 0 Å². The highest BCUT2D eigenvalue weighted by Crippen LogP contribution is 2.40. The van der Waals surface area contributed by atoms with Gasteiger partial charge in [-0.3, -0.25) is 0 Å². The van der Waals surface area contributed by atoms with Crippen LogP contribution in [-0.4, -0.2) is 37.6 Å². The number of rotatable bonds is 8. The Bertz CT molecular complexity index is 774. The van der Waals surface area contributed by atoms with Gasteiger partial charge in [0.15, 0.2) is 23.0 Å². The van der Waals surface area contributed by atoms with E-state index in [1.165, 1.54) is 14.2 Å². The van der Waals surface area contributed by atoms with E-state index in [2.05, 4.69) is 0 Å². The van der Waals surface area contributed by atoms with E-state index in [4.69, 9.17) is 18.9 Å². The highest BCUT2D eigenvalue weighted by atomic mass is 16.5. The van der Waals surface area contributed by atoms with Gasteiger partial charge in [-0.1, -0.05) is 18.2 Å². The molecule has 0 heterocycles. The van der Waals surface area contributed by atoms with Crippen molar-refractivity contribution in [2.75, 3.05) is 21.3 Å². The Morgan fingerprint density at radius 3 is 2.00 bits per heavy atom. The zero-order chi connectivity index (χ0) is 20.0. The molecule has 2 rings (SSSR count). The molecule has 0 aliphatic heterocycles. The molecular weight excluding hydrogens is 348 g/mol. The number of aromatic hydroxyl groups is 1. The van der Waals surface area contributed by atoms with Gasteiger partial charge in [-0.15, -0.1) is 0 Å². The minimum atomic E-state index is -0.978. The van der Waals surface area contributed by atoms with Crippen LogP contribution < -0.4 is 18.9 Å². The largest absolute Gasteiger partial charge is 0.502 e. The van der Waals surface area contributed by atoms with E-state index in [9.17, 15) is 10.2 Å². The van der Waals surface area contributed by atoms with E-state index in [0.717, 1.165) is 5.56 Å². The molecule has 0 aliphatic carbocycles. The highest BCUT2D eigenvalue weighted by molar-refractivity contribution is 5.56. The monoisotopic (exact) mass is 374 g/mol. The van der Waals surface area contributed by atoms with Crippen LogP contribution in [0.3, 0.4) is 0 Å². The number of hydrogen-bond acceptors (Lipinski definition) is 6. The van der Waals surface area contributed by atoms with Gasteiger partial charge in [-0.05, 0) is 49.2 Å². The van der Waals surface area contributed by atoms with Crippen LogP contribution in [0.2, 0.25) is 0 Å². The predicted octanol–water partition coefficient (Wildman–Crippen LogP) is 3.95. The molecule has 0 saturated heterocycles. The van der Waals surface area contributed by atoms with Gasteiger partial charge in [-0.2, -0.15) is 0 Å². The average Bonchev–Trinajstić information content (AvgIpc) is 2.68. The Labute approximate surface area is 159 Å². The van der Waals surface area contributed by atoms with Gasteiger partial charge in [0, 0.05) is 0 Å². The Morgan fingerprint density at radius 2 is 1.48 bits per heavy atom. The van der Waals surface area contributed by atoms with E-state index < -0.39 is 12.2 Å². The second-order valence-corrected chi connectivity index (χ2v) is 5.95. The molecule has 27 heavy (non-hydrogen) atoms. The second kappa shape index (κ2) is 9.19. The smallest absolute Gasteiger partial charge is 0.200 e. The van der Waals surface area contributed by atoms with Crippen molar-refractivity contribution in [3.05, 3.63) is 47.5 Å². The van der Waals surface area contributed by atoms with Gasteiger partial charge >= 0.3 is 0 Å². The summed E-state index contributed by atoms with van der Waals surface area (Å²) in [5.74, 6) is 1.40. The molecule has 2 unspecified atom stereocenters. The van der Waals surface area contributed by atoms with Crippen LogP contribution in [0.1, 0.15) is 31.1 Å². The van der Waals surface area contributed by atoms with Crippen LogP contribution in [0.4, 0.5) is 0 Å². The zero-order valence-corrected chi connectivity index (χ0v) is 16.2. The molecule has 2 aromatic rings. The summed E-state index contributed by atoms with van der Waals surface area (Å²) in [6, 6.07) is 8.67. The second-order valence-electron chi connectivity index (χ2n) is 5.95. The SMILES string of the molecule is C/C=C\c1ccc(OC(C)C(O)c2cc(OC)c(O)c(OC)c2)c(OC)c1. The number of phenols is 1. The zero-order valence-electron chi connectivity index (χ0n) is 16.2. The number of phenolic OH excluding ortho intramolecular Hbond substituents is 1. The molecule has 6 heteroatoms. The summed E-state index contributed by atoms with van der Waals surface area (Å²) in [5.41, 5.74) is 1.49. The number of allylic oxidation sites excluding steroid dienone is 1. The molecule has 6 nitrogen and oxygen atoms in total. The van der Waals surface area contributed by atoms with Crippen molar-refractivity contribution < 1.29 is 29.2 Å². The van der Waals surface area contributed by atoms with Gasteiger partial charge in [0.05, 0.1) is 21.3 Å². The third-order valence-electron chi connectivity index (χ3n) is 4.15. The molecule has 0 aliphatic rings. The van der Waals surface area contributed by atoms with Crippen molar-refractivity contribution >= 4 is 6.08 Å². The molecule has 0 aromatic heterocycles. The summed E-state index contributed by atoms with van der Waals surface area (Å²) in [6.07, 6.45) is 2.33. The molecule has 0 spiro atoms. The van der Waals surface area contributed by atoms with Crippen molar-refractivity contribution in [2.45, 2.75) is 26.1 Å². The molecule has 0 fully saturated rings. The minimum absolute atomic E-state index is 0.120. The maximum absolute atomic E-state index is 10.7. The maximum atomic E-state index is 10.7. The van der Waals surface area contributed by atoms with Crippen molar-refractivity contribution in [2.24, 2.45) is 0 Å². The first-order valence-corrected chi connectivity index (χ1v) is 8.55. The van der Waals surface area contributed by atoms with Crippen LogP contribution in [-0.2, 0) is 0 Å². The van der Waals surface area contributed by atoms with E-state index in [1.54, 1.807) is 32.2 Å². The summed E-state index contributed by atoms with van der Waals surface area (Å²) in [7, 11) is 4.43. The maximum Gasteiger partial charge on any atom is 0.200 e. The summed E-state index contributed by atoms with van der Waals surface area (Å²) in [6.45, 7) is 3.69. The van der Waals surface area contributed by atoms with Crippen molar-refractivity contribution in [3.63, 3.8) is 0 Å². The molecule has 0 saturated carbocycles. The number of aliphatic hydroxyl groups is 1. The summed E-state index contributed by atoms with van der Waals surface area (Å²) >= 11 is 0. The normalized spacial score (nSPS) is 13.3. The quantitative estimate of drug-likeness (QED) is 0.728. The van der Waals surface area contributed by atoms with E-state index in [1.807, 2.05) is 31.2 Å². The van der Waals surface area contributed by atoms with E-state index in [-0.39, 0.29) is 17.2 Å². The van der Waals surface area contributed by atoms with Crippen molar-refractivity contribution in [3.8, 4) is 28.7 Å². The lowest BCUT2D eigenvalue weighted by Gasteiger charge is -2.23. The minimum Gasteiger partial charge on any atom is -0.502 e. The standard InChI is InChI=1S/C21H26O6/c1-6-7-14-8-9-16(17(10-14)24-3)27-13(2)20(22)15-11-18(25-4)21(23)19(12-15)26-5/h6-13,20,22-23H,1-5H3/b7-6-. The lowest BCUT2D eigenvalue weighted by Crippen LogP contribution is -2.22. The lowest BCUT2D eigenvalue weighted by molar-refractivity contribution is 0.0448. The van der Waals surface area contributed by atoms with Gasteiger partial charge in [0.25, 0.3) is 0 Å². The van der Waals surface area contributed by atoms with Crippen LogP contribution >= 0.6 is 0 Å². The lowest BCUT2D eigenvalue weighted by atomic mass is 10.0. The van der Waals surface area contributed by atoms with E-state index in [0.29, 0.717) is 17.1 Å². The average molecular weight is 374 g/mol. The molecule has 0 radical (unpaired) electrons. The molecule has 0 amide bonds. The Balaban J connectivity index is 2.27. The Hall–Kier alpha value is -2.86. The first-order chi connectivity index (χ1) is 12.9. The fourth-order valence-corrected chi connectivity index (χ4v) is 2.70. The summed E-state index contributed by atoms with van der Waals surface area (Å²) in [4.78, 5) is 0. The van der Waals surface area contributed by atoms with Crippen LogP contribution in [0, 0.1) is 0 Å². The number of aliphatic hydroxyl groups excluding tert-OH is 1. The highest BCUT2D eigenvalue weighted by Gasteiger charge is 2.23. The molecule has 146 valence electrons. The van der Waals surface area contributed by atoms with E-state index >= 15 is 0 Å².